The van der Waals surface area contributed by atoms with E-state index in [1.54, 1.807) is 6.08 Å². The monoisotopic (exact) mass is 212 g/mol. The summed E-state index contributed by atoms with van der Waals surface area (Å²) < 4.78 is 0. The lowest BCUT2D eigenvalue weighted by Gasteiger charge is -2.02. The highest BCUT2D eigenvalue weighted by molar-refractivity contribution is 6.35. The molecule has 0 saturated heterocycles. The first-order valence-corrected chi connectivity index (χ1v) is 4.68. The molecule has 1 aromatic carbocycles. The van der Waals surface area contributed by atoms with Crippen LogP contribution in [0.5, 0.6) is 0 Å². The van der Waals surface area contributed by atoms with Gasteiger partial charge in [-0.3, -0.25) is 0 Å². The molecule has 0 amide bonds. The van der Waals surface area contributed by atoms with Gasteiger partial charge in [-0.2, -0.15) is 0 Å². The summed E-state index contributed by atoms with van der Waals surface area (Å²) in [6.45, 7) is 5.58. The van der Waals surface area contributed by atoms with Gasteiger partial charge in [0.2, 0.25) is 0 Å². The molecule has 0 aliphatic rings. The molecule has 0 heterocycles. The van der Waals surface area contributed by atoms with Gasteiger partial charge in [0.25, 0.3) is 0 Å². The molecule has 1 aromatic rings. The average molecular weight is 213 g/mol. The molecule has 68 valence electrons. The lowest BCUT2D eigenvalue weighted by atomic mass is 10.1. The third kappa shape index (κ3) is 2.36. The third-order valence-electron chi connectivity index (χ3n) is 1.68. The largest absolute Gasteiger partial charge is 0.0984 e. The van der Waals surface area contributed by atoms with Crippen LogP contribution < -0.4 is 0 Å². The van der Waals surface area contributed by atoms with Crippen molar-refractivity contribution in [3.8, 4) is 0 Å². The van der Waals surface area contributed by atoms with E-state index in [9.17, 15) is 0 Å². The lowest BCUT2D eigenvalue weighted by Crippen LogP contribution is -1.80. The maximum absolute atomic E-state index is 6.00. The molecule has 0 spiro atoms. The van der Waals surface area contributed by atoms with Crippen molar-refractivity contribution in [1.29, 1.82) is 0 Å². The molecule has 0 saturated carbocycles. The van der Waals surface area contributed by atoms with E-state index in [-0.39, 0.29) is 0 Å². The number of benzene rings is 1. The van der Waals surface area contributed by atoms with Crippen LogP contribution >= 0.6 is 23.2 Å². The van der Waals surface area contributed by atoms with E-state index in [0.29, 0.717) is 10.0 Å². The summed E-state index contributed by atoms with van der Waals surface area (Å²) in [4.78, 5) is 0. The predicted molar refractivity (Wildman–Crippen MR) is 61.3 cm³/mol. The lowest BCUT2D eigenvalue weighted by molar-refractivity contribution is 1.61. The molecule has 2 heteroatoms. The van der Waals surface area contributed by atoms with Crippen LogP contribution in [-0.2, 0) is 0 Å². The van der Waals surface area contributed by atoms with Gasteiger partial charge < -0.3 is 0 Å². The molecule has 1 rings (SSSR count). The van der Waals surface area contributed by atoms with Gasteiger partial charge in [-0.05, 0) is 30.2 Å². The van der Waals surface area contributed by atoms with E-state index < -0.39 is 0 Å². The van der Waals surface area contributed by atoms with Crippen molar-refractivity contribution in [2.75, 3.05) is 0 Å². The molecule has 0 aromatic heterocycles. The summed E-state index contributed by atoms with van der Waals surface area (Å²) >= 11 is 12.0. The van der Waals surface area contributed by atoms with Crippen LogP contribution in [0.1, 0.15) is 18.1 Å². The minimum absolute atomic E-state index is 0.674. The number of allylic oxidation sites excluding steroid dienone is 1. The smallest absolute Gasteiger partial charge is 0.0485 e. The van der Waals surface area contributed by atoms with Gasteiger partial charge in [0.05, 0.1) is 0 Å². The van der Waals surface area contributed by atoms with Crippen LogP contribution in [0.2, 0.25) is 10.0 Å². The molecule has 0 nitrogen and oxygen atoms in total. The van der Waals surface area contributed by atoms with Crippen molar-refractivity contribution in [3.05, 3.63) is 46.0 Å². The highest BCUT2D eigenvalue weighted by Gasteiger charge is 2.02. The normalized spacial score (nSPS) is 10.7. The van der Waals surface area contributed by atoms with Gasteiger partial charge in [-0.25, -0.2) is 0 Å². The number of hydrogen-bond acceptors (Lipinski definition) is 0. The summed E-state index contributed by atoms with van der Waals surface area (Å²) in [5.74, 6) is 0. The molecule has 13 heavy (non-hydrogen) atoms. The fourth-order valence-corrected chi connectivity index (χ4v) is 1.53. The van der Waals surface area contributed by atoms with Gasteiger partial charge in [0.1, 0.15) is 0 Å². The Morgan fingerprint density at radius 2 is 1.69 bits per heavy atom. The van der Waals surface area contributed by atoms with Crippen molar-refractivity contribution >= 4 is 35.4 Å². The standard InChI is InChI=1S/C11H10Cl2/c1-3-5-9-7-10(12)8(4-2)6-11(9)13/h3-7H,2H2,1H3. The van der Waals surface area contributed by atoms with Gasteiger partial charge in [0, 0.05) is 10.0 Å². The van der Waals surface area contributed by atoms with E-state index >= 15 is 0 Å². The second-order valence-electron chi connectivity index (χ2n) is 2.60. The molecule has 0 N–H and O–H groups in total. The average Bonchev–Trinajstić information content (AvgIpc) is 2.11. The molecule has 0 radical (unpaired) electrons. The SMILES string of the molecule is C=Cc1cc(Cl)c(C=CC)cc1Cl. The zero-order valence-electron chi connectivity index (χ0n) is 7.35. The Hall–Kier alpha value is -0.720. The quantitative estimate of drug-likeness (QED) is 0.669. The van der Waals surface area contributed by atoms with Crippen LogP contribution in [0, 0.1) is 0 Å². The van der Waals surface area contributed by atoms with Crippen molar-refractivity contribution in [2.24, 2.45) is 0 Å². The topological polar surface area (TPSA) is 0 Å². The number of hydrogen-bond donors (Lipinski definition) is 0. The Morgan fingerprint density at radius 1 is 1.15 bits per heavy atom. The molecule has 0 atom stereocenters. The van der Waals surface area contributed by atoms with Gasteiger partial charge in [-0.15, -0.1) is 0 Å². The van der Waals surface area contributed by atoms with Crippen molar-refractivity contribution in [2.45, 2.75) is 6.92 Å². The fourth-order valence-electron chi connectivity index (χ4n) is 1.04. The first kappa shape index (κ1) is 10.4. The Morgan fingerprint density at radius 3 is 2.23 bits per heavy atom. The first-order chi connectivity index (χ1) is 6.19. The van der Waals surface area contributed by atoms with Gasteiger partial charge in [0.15, 0.2) is 0 Å². The molecular weight excluding hydrogens is 203 g/mol. The van der Waals surface area contributed by atoms with E-state index in [4.69, 9.17) is 23.2 Å². The minimum atomic E-state index is 0.674. The maximum atomic E-state index is 6.00. The highest BCUT2D eigenvalue weighted by Crippen LogP contribution is 2.26. The number of rotatable bonds is 2. The van der Waals surface area contributed by atoms with Crippen molar-refractivity contribution in [3.63, 3.8) is 0 Å². The minimum Gasteiger partial charge on any atom is -0.0984 e. The summed E-state index contributed by atoms with van der Waals surface area (Å²) in [5.41, 5.74) is 1.79. The molecule has 0 aliphatic carbocycles. The molecule has 0 bridgehead atoms. The maximum Gasteiger partial charge on any atom is 0.0485 e. The van der Waals surface area contributed by atoms with E-state index in [1.165, 1.54) is 0 Å². The van der Waals surface area contributed by atoms with Gasteiger partial charge in [-0.1, -0.05) is 48.0 Å². The Kier molecular flexibility index (Phi) is 3.58. The van der Waals surface area contributed by atoms with Gasteiger partial charge >= 0.3 is 0 Å². The number of halogens is 2. The van der Waals surface area contributed by atoms with Crippen LogP contribution in [0.25, 0.3) is 12.2 Å². The Balaban J connectivity index is 3.27. The van der Waals surface area contributed by atoms with Crippen molar-refractivity contribution < 1.29 is 0 Å². The summed E-state index contributed by atoms with van der Waals surface area (Å²) in [5, 5.41) is 1.37. The molecule has 0 unspecified atom stereocenters. The third-order valence-corrected chi connectivity index (χ3v) is 2.34. The van der Waals surface area contributed by atoms with Crippen LogP contribution in [0.3, 0.4) is 0 Å². The summed E-state index contributed by atoms with van der Waals surface area (Å²) in [6.07, 6.45) is 5.53. The molecule has 0 fully saturated rings. The van der Waals surface area contributed by atoms with E-state index in [2.05, 4.69) is 6.58 Å². The highest BCUT2D eigenvalue weighted by atomic mass is 35.5. The second-order valence-corrected chi connectivity index (χ2v) is 3.41. The second kappa shape index (κ2) is 4.50. The first-order valence-electron chi connectivity index (χ1n) is 3.93. The van der Waals surface area contributed by atoms with Crippen molar-refractivity contribution in [1.82, 2.24) is 0 Å². The summed E-state index contributed by atoms with van der Waals surface area (Å²) in [6, 6.07) is 3.65. The van der Waals surface area contributed by atoms with E-state index in [1.807, 2.05) is 31.2 Å². The predicted octanol–water partition coefficient (Wildman–Crippen LogP) is 4.67. The Labute approximate surface area is 88.5 Å². The van der Waals surface area contributed by atoms with Crippen LogP contribution in [0.15, 0.2) is 24.8 Å². The molecule has 0 aliphatic heterocycles. The van der Waals surface area contributed by atoms with Crippen LogP contribution in [-0.4, -0.2) is 0 Å². The summed E-state index contributed by atoms with van der Waals surface area (Å²) in [7, 11) is 0. The molecular formula is C11H10Cl2. The Bertz CT molecular complexity index is 351. The fraction of sp³-hybridized carbons (Fsp3) is 0.0909. The van der Waals surface area contributed by atoms with E-state index in [0.717, 1.165) is 11.1 Å². The zero-order valence-corrected chi connectivity index (χ0v) is 8.86. The van der Waals surface area contributed by atoms with Crippen LogP contribution in [0.4, 0.5) is 0 Å². The zero-order chi connectivity index (χ0) is 9.84.